The Bertz CT molecular complexity index is 478. The quantitative estimate of drug-likeness (QED) is 0.732. The van der Waals surface area contributed by atoms with E-state index in [0.717, 1.165) is 17.0 Å². The van der Waals surface area contributed by atoms with Gasteiger partial charge in [-0.2, -0.15) is 0 Å². The molecule has 3 nitrogen and oxygen atoms in total. The molecule has 0 saturated heterocycles. The van der Waals surface area contributed by atoms with Gasteiger partial charge in [-0.1, -0.05) is 35.5 Å². The molecule has 0 N–H and O–H groups in total. The molecule has 0 spiro atoms. The summed E-state index contributed by atoms with van der Waals surface area (Å²) in [6.07, 6.45) is 0. The third-order valence-electron chi connectivity index (χ3n) is 2.58. The third-order valence-corrected chi connectivity index (χ3v) is 2.58. The second kappa shape index (κ2) is 3.74. The first-order chi connectivity index (χ1) is 7.50. The highest BCUT2D eigenvalue weighted by Gasteiger charge is 2.19. The molecule has 0 saturated carbocycles. The van der Waals surface area contributed by atoms with Gasteiger partial charge in [0.15, 0.2) is 0 Å². The summed E-state index contributed by atoms with van der Waals surface area (Å²) in [7, 11) is 0. The Morgan fingerprint density at radius 2 is 1.69 bits per heavy atom. The summed E-state index contributed by atoms with van der Waals surface area (Å²) in [4.78, 5) is 0. The molecule has 1 aromatic heterocycles. The van der Waals surface area contributed by atoms with Crippen LogP contribution < -0.4 is 0 Å². The van der Waals surface area contributed by atoms with Gasteiger partial charge in [-0.15, -0.1) is 5.10 Å². The lowest BCUT2D eigenvalue weighted by Gasteiger charge is -2.20. The van der Waals surface area contributed by atoms with Gasteiger partial charge in [0, 0.05) is 5.56 Å². The van der Waals surface area contributed by atoms with Crippen LogP contribution in [0.5, 0.6) is 0 Å². The van der Waals surface area contributed by atoms with Crippen LogP contribution in [0.3, 0.4) is 0 Å². The molecule has 0 unspecified atom stereocenters. The fourth-order valence-corrected chi connectivity index (χ4v) is 1.83. The average Bonchev–Trinajstić information content (AvgIpc) is 2.61. The minimum atomic E-state index is -0.0237. The summed E-state index contributed by atoms with van der Waals surface area (Å²) in [5.41, 5.74) is 3.18. The fourth-order valence-electron chi connectivity index (χ4n) is 1.83. The Morgan fingerprint density at radius 3 is 2.19 bits per heavy atom. The van der Waals surface area contributed by atoms with E-state index >= 15 is 0 Å². The van der Waals surface area contributed by atoms with Crippen LogP contribution in [0.15, 0.2) is 30.3 Å². The lowest BCUT2D eigenvalue weighted by molar-refractivity contribution is 0.340. The molecular formula is C13H17N3. The molecule has 0 fully saturated rings. The van der Waals surface area contributed by atoms with Gasteiger partial charge in [0.25, 0.3) is 0 Å². The Hall–Kier alpha value is -1.64. The van der Waals surface area contributed by atoms with Crippen LogP contribution in [0.2, 0.25) is 0 Å². The first kappa shape index (κ1) is 10.9. The predicted molar refractivity (Wildman–Crippen MR) is 65.2 cm³/mol. The number of hydrogen-bond donors (Lipinski definition) is 0. The van der Waals surface area contributed by atoms with Gasteiger partial charge in [0.2, 0.25) is 0 Å². The molecule has 16 heavy (non-hydrogen) atoms. The first-order valence-corrected chi connectivity index (χ1v) is 5.48. The summed E-state index contributed by atoms with van der Waals surface area (Å²) in [6.45, 7) is 8.45. The van der Waals surface area contributed by atoms with Crippen molar-refractivity contribution < 1.29 is 0 Å². The van der Waals surface area contributed by atoms with Crippen LogP contribution in [-0.2, 0) is 5.54 Å². The Kier molecular flexibility index (Phi) is 2.54. The van der Waals surface area contributed by atoms with Crippen molar-refractivity contribution in [3.8, 4) is 11.3 Å². The molecule has 0 bridgehead atoms. The van der Waals surface area contributed by atoms with E-state index in [2.05, 4.69) is 50.1 Å². The summed E-state index contributed by atoms with van der Waals surface area (Å²) in [6, 6.07) is 10.2. The van der Waals surface area contributed by atoms with E-state index in [1.54, 1.807) is 0 Å². The predicted octanol–water partition coefficient (Wildman–Crippen LogP) is 3.01. The number of hydrogen-bond acceptors (Lipinski definition) is 2. The molecular weight excluding hydrogens is 198 g/mol. The van der Waals surface area contributed by atoms with Gasteiger partial charge in [-0.25, -0.2) is 4.68 Å². The molecule has 3 heteroatoms. The SMILES string of the molecule is Cc1c(-c2ccccc2)nnn1C(C)(C)C. The number of aromatic nitrogens is 3. The van der Waals surface area contributed by atoms with Crippen molar-refractivity contribution in [2.24, 2.45) is 0 Å². The topological polar surface area (TPSA) is 30.7 Å². The molecule has 84 valence electrons. The number of benzene rings is 1. The van der Waals surface area contributed by atoms with Gasteiger partial charge < -0.3 is 0 Å². The maximum atomic E-state index is 4.27. The van der Waals surface area contributed by atoms with Crippen LogP contribution in [0.4, 0.5) is 0 Å². The van der Waals surface area contributed by atoms with Crippen molar-refractivity contribution in [2.75, 3.05) is 0 Å². The first-order valence-electron chi connectivity index (χ1n) is 5.48. The van der Waals surface area contributed by atoms with E-state index in [9.17, 15) is 0 Å². The highest BCUT2D eigenvalue weighted by molar-refractivity contribution is 5.60. The van der Waals surface area contributed by atoms with Crippen molar-refractivity contribution in [1.82, 2.24) is 15.0 Å². The zero-order valence-electron chi connectivity index (χ0n) is 10.2. The summed E-state index contributed by atoms with van der Waals surface area (Å²) < 4.78 is 1.97. The van der Waals surface area contributed by atoms with Crippen LogP contribution in [0.1, 0.15) is 26.5 Å². The minimum Gasteiger partial charge on any atom is -0.244 e. The van der Waals surface area contributed by atoms with E-state index in [0.29, 0.717) is 0 Å². The maximum absolute atomic E-state index is 4.27. The Balaban J connectivity index is 2.50. The van der Waals surface area contributed by atoms with Crippen molar-refractivity contribution in [2.45, 2.75) is 33.2 Å². The second-order valence-corrected chi connectivity index (χ2v) is 4.97. The van der Waals surface area contributed by atoms with Crippen molar-refractivity contribution in [3.05, 3.63) is 36.0 Å². The second-order valence-electron chi connectivity index (χ2n) is 4.97. The summed E-state index contributed by atoms with van der Waals surface area (Å²) in [5, 5.41) is 8.50. The van der Waals surface area contributed by atoms with Crippen LogP contribution >= 0.6 is 0 Å². The van der Waals surface area contributed by atoms with Gasteiger partial charge in [-0.3, -0.25) is 0 Å². The van der Waals surface area contributed by atoms with E-state index in [1.165, 1.54) is 0 Å². The highest BCUT2D eigenvalue weighted by Crippen LogP contribution is 2.23. The van der Waals surface area contributed by atoms with Crippen molar-refractivity contribution >= 4 is 0 Å². The van der Waals surface area contributed by atoms with Crippen LogP contribution in [0.25, 0.3) is 11.3 Å². The standard InChI is InChI=1S/C13H17N3/c1-10-12(11-8-6-5-7-9-11)14-15-16(10)13(2,3)4/h5-9H,1-4H3. The fraction of sp³-hybridized carbons (Fsp3) is 0.385. The lowest BCUT2D eigenvalue weighted by Crippen LogP contribution is -2.24. The maximum Gasteiger partial charge on any atom is 0.115 e. The van der Waals surface area contributed by atoms with Crippen LogP contribution in [-0.4, -0.2) is 15.0 Å². The smallest absolute Gasteiger partial charge is 0.115 e. The normalized spacial score (nSPS) is 11.8. The summed E-state index contributed by atoms with van der Waals surface area (Å²) >= 11 is 0. The molecule has 0 atom stereocenters. The van der Waals surface area contributed by atoms with Gasteiger partial charge in [0.1, 0.15) is 5.69 Å². The van der Waals surface area contributed by atoms with E-state index in [1.807, 2.05) is 22.9 Å². The van der Waals surface area contributed by atoms with E-state index in [4.69, 9.17) is 0 Å². The van der Waals surface area contributed by atoms with Gasteiger partial charge in [0.05, 0.1) is 11.2 Å². The molecule has 0 aliphatic carbocycles. The largest absolute Gasteiger partial charge is 0.244 e. The van der Waals surface area contributed by atoms with Crippen molar-refractivity contribution in [1.29, 1.82) is 0 Å². The van der Waals surface area contributed by atoms with Gasteiger partial charge >= 0.3 is 0 Å². The number of rotatable bonds is 1. The van der Waals surface area contributed by atoms with Gasteiger partial charge in [-0.05, 0) is 27.7 Å². The molecule has 0 radical (unpaired) electrons. The molecule has 0 aliphatic rings. The highest BCUT2D eigenvalue weighted by atomic mass is 15.5. The average molecular weight is 215 g/mol. The van der Waals surface area contributed by atoms with E-state index < -0.39 is 0 Å². The van der Waals surface area contributed by atoms with Crippen LogP contribution in [0, 0.1) is 6.92 Å². The monoisotopic (exact) mass is 215 g/mol. The minimum absolute atomic E-state index is 0.0237. The molecule has 1 heterocycles. The van der Waals surface area contributed by atoms with Crippen molar-refractivity contribution in [3.63, 3.8) is 0 Å². The molecule has 2 aromatic rings. The lowest BCUT2D eigenvalue weighted by atomic mass is 10.1. The molecule has 0 aliphatic heterocycles. The Labute approximate surface area is 96.1 Å². The summed E-state index contributed by atoms with van der Waals surface area (Å²) in [5.74, 6) is 0. The Morgan fingerprint density at radius 1 is 1.06 bits per heavy atom. The molecule has 0 amide bonds. The zero-order chi connectivity index (χ0) is 11.8. The molecule has 2 rings (SSSR count). The molecule has 1 aromatic carbocycles. The third kappa shape index (κ3) is 1.85. The zero-order valence-corrected chi connectivity index (χ0v) is 10.2. The number of nitrogens with zero attached hydrogens (tertiary/aromatic N) is 3. The van der Waals surface area contributed by atoms with E-state index in [-0.39, 0.29) is 5.54 Å².